The summed E-state index contributed by atoms with van der Waals surface area (Å²) in [5.74, 6) is 1.20. The molecule has 0 aliphatic carbocycles. The van der Waals surface area contributed by atoms with Crippen molar-refractivity contribution in [1.82, 2.24) is 5.32 Å². The zero-order valence-electron chi connectivity index (χ0n) is 12.0. The number of benzene rings is 2. The molecule has 0 amide bonds. The second-order valence-electron chi connectivity index (χ2n) is 4.81. The summed E-state index contributed by atoms with van der Waals surface area (Å²) in [6.45, 7) is 5.28. The third kappa shape index (κ3) is 4.29. The normalized spacial score (nSPS) is 12.3. The molecule has 1 atom stereocenters. The fourth-order valence-corrected chi connectivity index (χ4v) is 3.02. The van der Waals surface area contributed by atoms with Crippen LogP contribution in [0.5, 0.6) is 5.75 Å². The molecule has 0 fully saturated rings. The number of rotatable bonds is 6. The van der Waals surface area contributed by atoms with Crippen molar-refractivity contribution in [1.29, 1.82) is 0 Å². The van der Waals surface area contributed by atoms with Crippen molar-refractivity contribution in [2.75, 3.05) is 6.54 Å². The summed E-state index contributed by atoms with van der Waals surface area (Å²) in [6, 6.07) is 16.5. The maximum Gasteiger partial charge on any atom is 0.115 e. The molecule has 0 aliphatic rings. The Morgan fingerprint density at radius 3 is 2.70 bits per heavy atom. The third-order valence-corrected chi connectivity index (χ3v) is 4.25. The summed E-state index contributed by atoms with van der Waals surface area (Å²) < 4.78 is 0. The van der Waals surface area contributed by atoms with E-state index < -0.39 is 0 Å². The number of phenolic OH excluding ortho intramolecular Hbond substituents is 1. The molecule has 0 heterocycles. The molecule has 0 aliphatic heterocycles. The van der Waals surface area contributed by atoms with E-state index in [1.807, 2.05) is 18.2 Å². The molecule has 2 N–H and O–H groups in total. The second kappa shape index (κ2) is 7.36. The van der Waals surface area contributed by atoms with Gasteiger partial charge in [-0.2, -0.15) is 0 Å². The molecule has 1 unspecified atom stereocenters. The van der Waals surface area contributed by atoms with E-state index in [2.05, 4.69) is 43.4 Å². The van der Waals surface area contributed by atoms with Crippen LogP contribution in [0.1, 0.15) is 31.0 Å². The maximum absolute atomic E-state index is 9.47. The Bertz CT molecular complexity index is 556. The van der Waals surface area contributed by atoms with E-state index in [-0.39, 0.29) is 0 Å². The molecule has 0 bridgehead atoms. The highest BCUT2D eigenvalue weighted by Crippen LogP contribution is 2.26. The van der Waals surface area contributed by atoms with Gasteiger partial charge >= 0.3 is 0 Å². The molecule has 106 valence electrons. The predicted octanol–water partition coefficient (Wildman–Crippen LogP) is 4.36. The van der Waals surface area contributed by atoms with Crippen LogP contribution >= 0.6 is 11.8 Å². The van der Waals surface area contributed by atoms with Gasteiger partial charge in [-0.05, 0) is 48.9 Å². The Morgan fingerprint density at radius 1 is 1.15 bits per heavy atom. The number of nitrogens with one attached hydrogen (secondary N) is 1. The lowest BCUT2D eigenvalue weighted by atomic mass is 10.1. The second-order valence-corrected chi connectivity index (χ2v) is 5.86. The van der Waals surface area contributed by atoms with Crippen molar-refractivity contribution in [3.63, 3.8) is 0 Å². The van der Waals surface area contributed by atoms with Crippen molar-refractivity contribution >= 4 is 11.8 Å². The minimum Gasteiger partial charge on any atom is -0.508 e. The van der Waals surface area contributed by atoms with Crippen LogP contribution in [0, 0.1) is 0 Å². The summed E-state index contributed by atoms with van der Waals surface area (Å²) in [6.07, 6.45) is 0. The highest BCUT2D eigenvalue weighted by molar-refractivity contribution is 7.98. The Balaban J connectivity index is 2.01. The van der Waals surface area contributed by atoms with Gasteiger partial charge in [0.1, 0.15) is 5.75 Å². The quantitative estimate of drug-likeness (QED) is 0.774. The van der Waals surface area contributed by atoms with Crippen molar-refractivity contribution < 1.29 is 5.11 Å². The van der Waals surface area contributed by atoms with Gasteiger partial charge in [-0.3, -0.25) is 0 Å². The highest BCUT2D eigenvalue weighted by atomic mass is 32.2. The molecule has 0 saturated carbocycles. The minimum absolute atomic E-state index is 0.331. The van der Waals surface area contributed by atoms with Crippen LogP contribution in [0.3, 0.4) is 0 Å². The van der Waals surface area contributed by atoms with Crippen LogP contribution in [-0.4, -0.2) is 11.7 Å². The molecular formula is C17H21NOS. The summed E-state index contributed by atoms with van der Waals surface area (Å²) >= 11 is 1.79. The highest BCUT2D eigenvalue weighted by Gasteiger charge is 2.05. The lowest BCUT2D eigenvalue weighted by molar-refractivity contribution is 0.475. The van der Waals surface area contributed by atoms with Crippen molar-refractivity contribution in [2.45, 2.75) is 30.5 Å². The molecule has 3 heteroatoms. The largest absolute Gasteiger partial charge is 0.508 e. The summed E-state index contributed by atoms with van der Waals surface area (Å²) in [4.78, 5) is 1.26. The van der Waals surface area contributed by atoms with Gasteiger partial charge in [-0.1, -0.05) is 31.2 Å². The fourth-order valence-electron chi connectivity index (χ4n) is 2.11. The first-order valence-electron chi connectivity index (χ1n) is 6.93. The number of phenols is 1. The van der Waals surface area contributed by atoms with E-state index in [9.17, 15) is 5.11 Å². The lowest BCUT2D eigenvalue weighted by Gasteiger charge is -2.13. The van der Waals surface area contributed by atoms with Crippen LogP contribution in [0.2, 0.25) is 0 Å². The zero-order chi connectivity index (χ0) is 14.4. The molecule has 0 radical (unpaired) electrons. The average molecular weight is 287 g/mol. The molecule has 0 spiro atoms. The van der Waals surface area contributed by atoms with Gasteiger partial charge < -0.3 is 10.4 Å². The molecule has 2 aromatic carbocycles. The number of hydrogen-bond donors (Lipinski definition) is 2. The number of aromatic hydroxyl groups is 1. The van der Waals surface area contributed by atoms with E-state index in [4.69, 9.17) is 0 Å². The van der Waals surface area contributed by atoms with E-state index >= 15 is 0 Å². The summed E-state index contributed by atoms with van der Waals surface area (Å²) in [7, 11) is 0. The summed E-state index contributed by atoms with van der Waals surface area (Å²) in [5.41, 5.74) is 2.45. The van der Waals surface area contributed by atoms with Gasteiger partial charge in [-0.25, -0.2) is 0 Å². The number of thioether (sulfide) groups is 1. The molecule has 20 heavy (non-hydrogen) atoms. The summed E-state index contributed by atoms with van der Waals surface area (Å²) in [5, 5.41) is 12.9. The third-order valence-electron chi connectivity index (χ3n) is 3.18. The monoisotopic (exact) mass is 287 g/mol. The van der Waals surface area contributed by atoms with Crippen LogP contribution in [0.25, 0.3) is 0 Å². The van der Waals surface area contributed by atoms with E-state index in [0.717, 1.165) is 17.9 Å². The maximum atomic E-state index is 9.47. The SMILES string of the molecule is CCNC(C)c1cccc(SCc2cccc(O)c2)c1. The minimum atomic E-state index is 0.331. The van der Waals surface area contributed by atoms with Gasteiger partial charge in [0.2, 0.25) is 0 Å². The Kier molecular flexibility index (Phi) is 5.50. The van der Waals surface area contributed by atoms with Gasteiger partial charge in [0.05, 0.1) is 0 Å². The number of hydrogen-bond acceptors (Lipinski definition) is 3. The Morgan fingerprint density at radius 2 is 1.95 bits per heavy atom. The average Bonchev–Trinajstić information content (AvgIpc) is 2.46. The first kappa shape index (κ1) is 14.9. The standard InChI is InChI=1S/C17H21NOS/c1-3-18-13(2)15-7-5-9-17(11-15)20-12-14-6-4-8-16(19)10-14/h4-11,13,18-19H,3,12H2,1-2H3. The molecule has 0 aromatic heterocycles. The molecule has 2 rings (SSSR count). The lowest BCUT2D eigenvalue weighted by Crippen LogP contribution is -2.17. The smallest absolute Gasteiger partial charge is 0.115 e. The van der Waals surface area contributed by atoms with Crippen LogP contribution in [0.15, 0.2) is 53.4 Å². The van der Waals surface area contributed by atoms with Gasteiger partial charge in [0.25, 0.3) is 0 Å². The van der Waals surface area contributed by atoms with Gasteiger partial charge in [0, 0.05) is 16.7 Å². The van der Waals surface area contributed by atoms with E-state index in [0.29, 0.717) is 11.8 Å². The van der Waals surface area contributed by atoms with Crippen LogP contribution in [-0.2, 0) is 5.75 Å². The van der Waals surface area contributed by atoms with Crippen molar-refractivity contribution in [3.8, 4) is 5.75 Å². The first-order chi connectivity index (χ1) is 9.69. The van der Waals surface area contributed by atoms with E-state index in [1.54, 1.807) is 17.8 Å². The fraction of sp³-hybridized carbons (Fsp3) is 0.294. The molecular weight excluding hydrogens is 266 g/mol. The Hall–Kier alpha value is -1.45. The first-order valence-corrected chi connectivity index (χ1v) is 7.91. The van der Waals surface area contributed by atoms with Gasteiger partial charge in [0.15, 0.2) is 0 Å². The van der Waals surface area contributed by atoms with E-state index in [1.165, 1.54) is 10.5 Å². The predicted molar refractivity (Wildman–Crippen MR) is 86.2 cm³/mol. The zero-order valence-corrected chi connectivity index (χ0v) is 12.8. The van der Waals surface area contributed by atoms with Crippen molar-refractivity contribution in [2.24, 2.45) is 0 Å². The van der Waals surface area contributed by atoms with Crippen LogP contribution < -0.4 is 5.32 Å². The van der Waals surface area contributed by atoms with Gasteiger partial charge in [-0.15, -0.1) is 11.8 Å². The van der Waals surface area contributed by atoms with Crippen LogP contribution in [0.4, 0.5) is 0 Å². The Labute approximate surface area is 125 Å². The topological polar surface area (TPSA) is 32.3 Å². The molecule has 0 saturated heterocycles. The molecule has 2 nitrogen and oxygen atoms in total. The molecule has 2 aromatic rings. The van der Waals surface area contributed by atoms with Crippen molar-refractivity contribution in [3.05, 3.63) is 59.7 Å².